The predicted molar refractivity (Wildman–Crippen MR) is 137 cm³/mol. The Balaban J connectivity index is 1.22. The Morgan fingerprint density at radius 3 is 2.60 bits per heavy atom. The highest BCUT2D eigenvalue weighted by Crippen LogP contribution is 2.28. The van der Waals surface area contributed by atoms with E-state index in [0.29, 0.717) is 29.7 Å². The quantitative estimate of drug-likeness (QED) is 0.380. The number of hydrogen-bond donors (Lipinski definition) is 2. The van der Waals surface area contributed by atoms with Gasteiger partial charge in [-0.15, -0.1) is 0 Å². The van der Waals surface area contributed by atoms with Crippen LogP contribution in [0.5, 0.6) is 0 Å². The average molecular weight is 532 g/mol. The van der Waals surface area contributed by atoms with Gasteiger partial charge in [0.05, 0.1) is 5.92 Å². The van der Waals surface area contributed by atoms with Crippen molar-refractivity contribution in [1.82, 2.24) is 19.7 Å². The Labute approximate surface area is 210 Å². The second-order valence-electron chi connectivity index (χ2n) is 8.19. The van der Waals surface area contributed by atoms with Crippen LogP contribution in [0.3, 0.4) is 0 Å². The SMILES string of the molecule is Cc1nc(Nc2ccc(NC(=O)[C@H]3CC(=O)N(c4cccc(Br)c4)C3)cc2)cc(-n2cccn2)n1. The predicted octanol–water partition coefficient (Wildman–Crippen LogP) is 4.47. The van der Waals surface area contributed by atoms with Crippen molar-refractivity contribution in [3.05, 3.63) is 83.4 Å². The Kier molecular flexibility index (Phi) is 6.28. The van der Waals surface area contributed by atoms with Crippen LogP contribution in [0.15, 0.2) is 77.5 Å². The summed E-state index contributed by atoms with van der Waals surface area (Å²) in [5.41, 5.74) is 2.25. The molecule has 10 heteroatoms. The van der Waals surface area contributed by atoms with E-state index in [2.05, 4.69) is 41.6 Å². The highest BCUT2D eigenvalue weighted by atomic mass is 79.9. The van der Waals surface area contributed by atoms with Crippen LogP contribution in [0.25, 0.3) is 5.82 Å². The van der Waals surface area contributed by atoms with Crippen molar-refractivity contribution >= 4 is 50.6 Å². The van der Waals surface area contributed by atoms with Gasteiger partial charge in [-0.05, 0) is 55.5 Å². The first-order valence-corrected chi connectivity index (χ1v) is 11.8. The zero-order valence-corrected chi connectivity index (χ0v) is 20.4. The molecule has 2 N–H and O–H groups in total. The van der Waals surface area contributed by atoms with Crippen LogP contribution in [0.2, 0.25) is 0 Å². The van der Waals surface area contributed by atoms with E-state index in [1.807, 2.05) is 73.8 Å². The molecule has 0 bridgehead atoms. The first-order valence-electron chi connectivity index (χ1n) is 11.0. The van der Waals surface area contributed by atoms with E-state index in [1.54, 1.807) is 15.8 Å². The highest BCUT2D eigenvalue weighted by molar-refractivity contribution is 9.10. The van der Waals surface area contributed by atoms with Crippen molar-refractivity contribution in [3.8, 4) is 5.82 Å². The summed E-state index contributed by atoms with van der Waals surface area (Å²) >= 11 is 3.43. The molecule has 1 atom stereocenters. The average Bonchev–Trinajstić information content (AvgIpc) is 3.50. The number of aromatic nitrogens is 4. The molecule has 9 nitrogen and oxygen atoms in total. The number of rotatable bonds is 6. The lowest BCUT2D eigenvalue weighted by atomic mass is 10.1. The molecule has 0 aliphatic carbocycles. The van der Waals surface area contributed by atoms with Crippen molar-refractivity contribution in [2.45, 2.75) is 13.3 Å². The zero-order chi connectivity index (χ0) is 24.4. The number of amides is 2. The largest absolute Gasteiger partial charge is 0.340 e. The number of aryl methyl sites for hydroxylation is 1. The summed E-state index contributed by atoms with van der Waals surface area (Å²) in [7, 11) is 0. The third-order valence-electron chi connectivity index (χ3n) is 5.60. The van der Waals surface area contributed by atoms with E-state index in [-0.39, 0.29) is 18.2 Å². The van der Waals surface area contributed by atoms with Gasteiger partial charge in [-0.25, -0.2) is 14.6 Å². The monoisotopic (exact) mass is 531 g/mol. The maximum atomic E-state index is 12.8. The Morgan fingerprint density at radius 2 is 1.86 bits per heavy atom. The number of nitrogens with one attached hydrogen (secondary N) is 2. The molecule has 1 saturated heterocycles. The molecule has 1 aliphatic rings. The molecule has 2 aromatic carbocycles. The van der Waals surface area contributed by atoms with Crippen molar-refractivity contribution in [1.29, 1.82) is 0 Å². The number of carbonyl (C=O) groups excluding carboxylic acids is 2. The molecule has 1 aliphatic heterocycles. The number of nitrogens with zero attached hydrogens (tertiary/aromatic N) is 5. The summed E-state index contributed by atoms with van der Waals surface area (Å²) < 4.78 is 2.56. The van der Waals surface area contributed by atoms with Gasteiger partial charge in [0.15, 0.2) is 5.82 Å². The Morgan fingerprint density at radius 1 is 1.06 bits per heavy atom. The number of anilines is 4. The molecule has 0 radical (unpaired) electrons. The van der Waals surface area contributed by atoms with Gasteiger partial charge in [0.2, 0.25) is 11.8 Å². The maximum Gasteiger partial charge on any atom is 0.229 e. The standard InChI is InChI=1S/C25H22BrN7O2/c1-16-28-22(14-23(29-16)33-11-3-10-27-33)30-19-6-8-20(9-7-19)31-25(35)17-12-24(34)32(15-17)21-5-2-4-18(26)13-21/h2-11,13-14,17H,12,15H2,1H3,(H,31,35)(H,28,29,30)/t17-/m0/s1. The van der Waals surface area contributed by atoms with Gasteiger partial charge < -0.3 is 15.5 Å². The number of hydrogen-bond acceptors (Lipinski definition) is 6. The molecular formula is C25H22BrN7O2. The van der Waals surface area contributed by atoms with Gasteiger partial charge in [-0.3, -0.25) is 9.59 Å². The molecule has 3 heterocycles. The maximum absolute atomic E-state index is 12.8. The topological polar surface area (TPSA) is 105 Å². The molecule has 176 valence electrons. The van der Waals surface area contributed by atoms with Crippen LogP contribution in [-0.2, 0) is 9.59 Å². The molecule has 0 spiro atoms. The summed E-state index contributed by atoms with van der Waals surface area (Å²) in [6.07, 6.45) is 3.69. The van der Waals surface area contributed by atoms with Crippen molar-refractivity contribution in [2.75, 3.05) is 22.1 Å². The van der Waals surface area contributed by atoms with E-state index in [9.17, 15) is 9.59 Å². The fourth-order valence-corrected chi connectivity index (χ4v) is 4.33. The fraction of sp³-hybridized carbons (Fsp3) is 0.160. The van der Waals surface area contributed by atoms with Crippen LogP contribution in [0, 0.1) is 12.8 Å². The molecule has 4 aromatic rings. The molecule has 1 fully saturated rings. The third-order valence-corrected chi connectivity index (χ3v) is 6.10. The van der Waals surface area contributed by atoms with E-state index >= 15 is 0 Å². The van der Waals surface area contributed by atoms with Crippen LogP contribution >= 0.6 is 15.9 Å². The lowest BCUT2D eigenvalue weighted by Crippen LogP contribution is -2.28. The molecule has 35 heavy (non-hydrogen) atoms. The lowest BCUT2D eigenvalue weighted by molar-refractivity contribution is -0.122. The van der Waals surface area contributed by atoms with E-state index in [4.69, 9.17) is 0 Å². The highest BCUT2D eigenvalue weighted by Gasteiger charge is 2.35. The minimum absolute atomic E-state index is 0.0579. The summed E-state index contributed by atoms with van der Waals surface area (Å²) in [5.74, 6) is 1.27. The van der Waals surface area contributed by atoms with Crippen molar-refractivity contribution < 1.29 is 9.59 Å². The molecule has 0 saturated carbocycles. The molecular weight excluding hydrogens is 510 g/mol. The number of halogens is 1. The van der Waals surface area contributed by atoms with Gasteiger partial charge in [0, 0.05) is 53.0 Å². The first-order chi connectivity index (χ1) is 16.9. The van der Waals surface area contributed by atoms with Gasteiger partial charge in [-0.2, -0.15) is 5.10 Å². The molecule has 5 rings (SSSR count). The number of carbonyl (C=O) groups is 2. The summed E-state index contributed by atoms with van der Waals surface area (Å²) in [6.45, 7) is 2.18. The second-order valence-corrected chi connectivity index (χ2v) is 9.10. The van der Waals surface area contributed by atoms with Crippen molar-refractivity contribution in [2.24, 2.45) is 5.92 Å². The van der Waals surface area contributed by atoms with E-state index in [1.165, 1.54) is 0 Å². The minimum atomic E-state index is -0.413. The normalized spacial score (nSPS) is 15.3. The third kappa shape index (κ3) is 5.22. The minimum Gasteiger partial charge on any atom is -0.340 e. The molecule has 0 unspecified atom stereocenters. The van der Waals surface area contributed by atoms with Crippen LogP contribution in [-0.4, -0.2) is 38.1 Å². The number of benzene rings is 2. The summed E-state index contributed by atoms with van der Waals surface area (Å²) in [4.78, 5) is 35.8. The zero-order valence-electron chi connectivity index (χ0n) is 18.9. The second kappa shape index (κ2) is 9.67. The van der Waals surface area contributed by atoms with Crippen LogP contribution in [0.1, 0.15) is 12.2 Å². The smallest absolute Gasteiger partial charge is 0.229 e. The summed E-state index contributed by atoms with van der Waals surface area (Å²) in [5, 5.41) is 10.4. The van der Waals surface area contributed by atoms with E-state index < -0.39 is 5.92 Å². The Hall–Kier alpha value is -4.05. The van der Waals surface area contributed by atoms with Gasteiger partial charge >= 0.3 is 0 Å². The fourth-order valence-electron chi connectivity index (χ4n) is 3.94. The first kappa shape index (κ1) is 22.7. The van der Waals surface area contributed by atoms with Gasteiger partial charge in [0.1, 0.15) is 11.6 Å². The van der Waals surface area contributed by atoms with Gasteiger partial charge in [-0.1, -0.05) is 22.0 Å². The van der Waals surface area contributed by atoms with Gasteiger partial charge in [0.25, 0.3) is 0 Å². The van der Waals surface area contributed by atoms with Crippen molar-refractivity contribution in [3.63, 3.8) is 0 Å². The summed E-state index contributed by atoms with van der Waals surface area (Å²) in [6, 6.07) is 18.5. The van der Waals surface area contributed by atoms with Crippen LogP contribution in [0.4, 0.5) is 22.9 Å². The molecule has 2 amide bonds. The molecule has 2 aromatic heterocycles. The Bertz CT molecular complexity index is 1370. The lowest BCUT2D eigenvalue weighted by Gasteiger charge is -2.17. The van der Waals surface area contributed by atoms with E-state index in [0.717, 1.165) is 15.8 Å². The van der Waals surface area contributed by atoms with Crippen LogP contribution < -0.4 is 15.5 Å².